The molecule has 0 radical (unpaired) electrons. The van der Waals surface area contributed by atoms with Crippen LogP contribution in [0.25, 0.3) is 105 Å². The van der Waals surface area contributed by atoms with Crippen molar-refractivity contribution in [2.24, 2.45) is 0 Å². The Morgan fingerprint density at radius 2 is 0.818 bits per heavy atom. The third kappa shape index (κ3) is 4.29. The molecule has 0 aliphatic rings. The fourth-order valence-electron chi connectivity index (χ4n) is 8.99. The van der Waals surface area contributed by atoms with E-state index in [1.54, 1.807) is 0 Å². The fourth-order valence-corrected chi connectivity index (χ4v) is 8.99. The van der Waals surface area contributed by atoms with Crippen molar-refractivity contribution in [3.8, 4) is 28.5 Å². The zero-order valence-corrected chi connectivity index (χ0v) is 29.6. The summed E-state index contributed by atoms with van der Waals surface area (Å²) >= 11 is 0. The number of benzene rings is 8. The lowest BCUT2D eigenvalue weighted by Crippen LogP contribution is -2.01. The van der Waals surface area contributed by atoms with E-state index in [1.165, 1.54) is 59.8 Å². The molecule has 0 amide bonds. The maximum absolute atomic E-state index is 5.45. The number of fused-ring (bicyclic) bond motifs is 12. The van der Waals surface area contributed by atoms with Gasteiger partial charge in [0, 0.05) is 67.3 Å². The van der Waals surface area contributed by atoms with Gasteiger partial charge in [-0.2, -0.15) is 0 Å². The van der Waals surface area contributed by atoms with Crippen molar-refractivity contribution in [3.05, 3.63) is 188 Å². The number of aromatic nitrogens is 5. The molecule has 5 heteroatoms. The minimum atomic E-state index is 0.883. The number of nitrogens with zero attached hydrogens (tertiary/aromatic N) is 5. The molecule has 0 unspecified atom stereocenters. The van der Waals surface area contributed by atoms with Crippen LogP contribution < -0.4 is 0 Å². The highest BCUT2D eigenvalue weighted by molar-refractivity contribution is 6.24. The van der Waals surface area contributed by atoms with Crippen LogP contribution in [0.15, 0.2) is 188 Å². The SMILES string of the molecule is c1ccc(-n2c3ccccc3c3cc4c(cc32)c2ccccc2n4-c2cccc(-n3c(-c4ccncc4)nc4c5ccccc5c5ccccc5c43)c2)cc1. The van der Waals surface area contributed by atoms with Gasteiger partial charge in [-0.25, -0.2) is 4.98 Å². The van der Waals surface area contributed by atoms with Gasteiger partial charge < -0.3 is 9.13 Å². The van der Waals surface area contributed by atoms with Gasteiger partial charge in [-0.1, -0.05) is 109 Å². The summed E-state index contributed by atoms with van der Waals surface area (Å²) in [4.78, 5) is 9.80. The zero-order chi connectivity index (χ0) is 36.0. The molecule has 256 valence electrons. The van der Waals surface area contributed by atoms with Crippen molar-refractivity contribution in [2.75, 3.05) is 0 Å². The van der Waals surface area contributed by atoms with Crippen LogP contribution in [0.1, 0.15) is 0 Å². The summed E-state index contributed by atoms with van der Waals surface area (Å²) in [7, 11) is 0. The van der Waals surface area contributed by atoms with Crippen molar-refractivity contribution in [3.63, 3.8) is 0 Å². The van der Waals surface area contributed by atoms with Crippen LogP contribution in [0.3, 0.4) is 0 Å². The molecule has 0 aliphatic heterocycles. The summed E-state index contributed by atoms with van der Waals surface area (Å²) in [6, 6.07) is 63.4. The van der Waals surface area contributed by atoms with Gasteiger partial charge in [0.15, 0.2) is 0 Å². The highest BCUT2D eigenvalue weighted by Crippen LogP contribution is 2.42. The molecule has 4 aromatic heterocycles. The predicted molar refractivity (Wildman–Crippen MR) is 228 cm³/mol. The minimum absolute atomic E-state index is 0.883. The van der Waals surface area contributed by atoms with E-state index in [0.29, 0.717) is 0 Å². The Balaban J connectivity index is 1.17. The molecule has 0 bridgehead atoms. The Kier molecular flexibility index (Phi) is 6.27. The molecule has 0 aliphatic carbocycles. The van der Waals surface area contributed by atoms with Gasteiger partial charge in [0.05, 0.1) is 33.1 Å². The molecule has 0 saturated carbocycles. The average molecular weight is 702 g/mol. The first-order chi connectivity index (χ1) is 27.3. The molecule has 8 aromatic carbocycles. The Hall–Kier alpha value is -7.50. The van der Waals surface area contributed by atoms with Crippen molar-refractivity contribution in [1.82, 2.24) is 23.7 Å². The highest BCUT2D eigenvalue weighted by Gasteiger charge is 2.22. The normalized spacial score (nSPS) is 12.0. The molecule has 0 atom stereocenters. The number of hydrogen-bond acceptors (Lipinski definition) is 2. The molecule has 12 aromatic rings. The standard InChI is InChI=1S/C50H31N5/c1-2-13-33(14-3-1)53-44-23-10-8-19-38(44)42-31-47-43(30-46(42)53)39-20-9-11-24-45(39)54(47)34-15-12-16-35(29-34)55-49-41-22-7-5-18-37(41)36-17-4-6-21-40(36)48(49)52-50(55)32-25-27-51-28-26-32/h1-31H. The van der Waals surface area contributed by atoms with E-state index in [9.17, 15) is 0 Å². The first-order valence-electron chi connectivity index (χ1n) is 18.7. The second kappa shape index (κ2) is 11.5. The topological polar surface area (TPSA) is 40.6 Å². The second-order valence-corrected chi connectivity index (χ2v) is 14.2. The van der Waals surface area contributed by atoms with Gasteiger partial charge in [0.2, 0.25) is 0 Å². The maximum atomic E-state index is 5.45. The molecule has 55 heavy (non-hydrogen) atoms. The van der Waals surface area contributed by atoms with Crippen LogP contribution in [-0.4, -0.2) is 23.7 Å². The Morgan fingerprint density at radius 1 is 0.327 bits per heavy atom. The average Bonchev–Trinajstić information content (AvgIpc) is 3.92. The fraction of sp³-hybridized carbons (Fsp3) is 0. The van der Waals surface area contributed by atoms with E-state index in [1.807, 2.05) is 12.4 Å². The number of rotatable bonds is 4. The molecule has 0 spiro atoms. The Bertz CT molecular complexity index is 3480. The van der Waals surface area contributed by atoms with Crippen molar-refractivity contribution < 1.29 is 0 Å². The van der Waals surface area contributed by atoms with Crippen LogP contribution in [0.4, 0.5) is 0 Å². The van der Waals surface area contributed by atoms with E-state index < -0.39 is 0 Å². The largest absolute Gasteiger partial charge is 0.309 e. The summed E-state index contributed by atoms with van der Waals surface area (Å²) in [5, 5.41) is 9.63. The lowest BCUT2D eigenvalue weighted by Gasteiger charge is -2.15. The van der Waals surface area contributed by atoms with Crippen molar-refractivity contribution in [2.45, 2.75) is 0 Å². The van der Waals surface area contributed by atoms with E-state index in [0.717, 1.165) is 44.9 Å². The first-order valence-corrected chi connectivity index (χ1v) is 18.7. The van der Waals surface area contributed by atoms with Crippen molar-refractivity contribution in [1.29, 1.82) is 0 Å². The minimum Gasteiger partial charge on any atom is -0.309 e. The molecule has 12 rings (SSSR count). The maximum Gasteiger partial charge on any atom is 0.145 e. The molecular formula is C50H31N5. The van der Waals surface area contributed by atoms with Gasteiger partial charge in [-0.05, 0) is 77.5 Å². The molecule has 0 N–H and O–H groups in total. The van der Waals surface area contributed by atoms with E-state index in [2.05, 4.69) is 195 Å². The van der Waals surface area contributed by atoms with Crippen LogP contribution >= 0.6 is 0 Å². The van der Waals surface area contributed by atoms with Gasteiger partial charge in [0.25, 0.3) is 0 Å². The summed E-state index contributed by atoms with van der Waals surface area (Å²) in [6.45, 7) is 0. The molecule has 0 saturated heterocycles. The number of hydrogen-bond donors (Lipinski definition) is 0. The van der Waals surface area contributed by atoms with E-state index >= 15 is 0 Å². The first kappa shape index (κ1) is 30.0. The predicted octanol–water partition coefficient (Wildman–Crippen LogP) is 12.6. The third-order valence-electron chi connectivity index (χ3n) is 11.3. The number of para-hydroxylation sites is 3. The van der Waals surface area contributed by atoms with Crippen LogP contribution in [-0.2, 0) is 0 Å². The second-order valence-electron chi connectivity index (χ2n) is 14.2. The lowest BCUT2D eigenvalue weighted by atomic mass is 10.00. The van der Waals surface area contributed by atoms with Crippen molar-refractivity contribution >= 4 is 76.2 Å². The lowest BCUT2D eigenvalue weighted by molar-refractivity contribution is 1.09. The molecular weight excluding hydrogens is 671 g/mol. The number of imidazole rings is 1. The molecule has 4 heterocycles. The van der Waals surface area contributed by atoms with E-state index in [-0.39, 0.29) is 0 Å². The van der Waals surface area contributed by atoms with Crippen LogP contribution in [0, 0.1) is 0 Å². The summed E-state index contributed by atoms with van der Waals surface area (Å²) in [5.74, 6) is 0.883. The van der Waals surface area contributed by atoms with E-state index in [4.69, 9.17) is 4.98 Å². The summed E-state index contributed by atoms with van der Waals surface area (Å²) in [6.07, 6.45) is 3.69. The third-order valence-corrected chi connectivity index (χ3v) is 11.3. The quantitative estimate of drug-likeness (QED) is 0.171. The number of pyridine rings is 1. The Labute approximate surface area is 315 Å². The Morgan fingerprint density at radius 3 is 1.47 bits per heavy atom. The van der Waals surface area contributed by atoms with Gasteiger partial charge in [-0.3, -0.25) is 9.55 Å². The summed E-state index contributed by atoms with van der Waals surface area (Å²) in [5.41, 5.74) is 11.1. The molecule has 5 nitrogen and oxygen atoms in total. The monoisotopic (exact) mass is 701 g/mol. The molecule has 0 fully saturated rings. The smallest absolute Gasteiger partial charge is 0.145 e. The highest BCUT2D eigenvalue weighted by atomic mass is 15.1. The van der Waals surface area contributed by atoms with Gasteiger partial charge in [-0.15, -0.1) is 0 Å². The summed E-state index contributed by atoms with van der Waals surface area (Å²) < 4.78 is 7.18. The zero-order valence-electron chi connectivity index (χ0n) is 29.6. The van der Waals surface area contributed by atoms with Gasteiger partial charge in [0.1, 0.15) is 5.82 Å². The van der Waals surface area contributed by atoms with Crippen LogP contribution in [0.5, 0.6) is 0 Å². The van der Waals surface area contributed by atoms with Gasteiger partial charge >= 0.3 is 0 Å². The van der Waals surface area contributed by atoms with Crippen LogP contribution in [0.2, 0.25) is 0 Å².